The third kappa shape index (κ3) is 25.3. The Bertz CT molecular complexity index is 3120. The summed E-state index contributed by atoms with van der Waals surface area (Å²) in [6.07, 6.45) is -1.50. The van der Waals surface area contributed by atoms with Crippen LogP contribution in [0.4, 0.5) is 0 Å². The number of rotatable bonds is 39. The molecule has 13 amide bonds. The second kappa shape index (κ2) is 37.1. The van der Waals surface area contributed by atoms with Gasteiger partial charge >= 0.3 is 11.9 Å². The summed E-state index contributed by atoms with van der Waals surface area (Å²) in [5.41, 5.74) is 11.9. The number of aromatic hydroxyl groups is 1. The number of hydrogen-bond donors (Lipinski definition) is 19. The topological polar surface area (TPSA) is 570 Å². The molecule has 0 saturated carbocycles. The number of carboxylic acids is 2. The average Bonchev–Trinajstić information content (AvgIpc) is 1.47. The van der Waals surface area contributed by atoms with Crippen LogP contribution >= 0.6 is 11.8 Å². The number of aromatic amines is 1. The number of carbonyl (C=O) groups is 15. The summed E-state index contributed by atoms with van der Waals surface area (Å²) in [4.78, 5) is 203. The molecule has 35 nitrogen and oxygen atoms in total. The maximum Gasteiger partial charge on any atom is 0.305 e. The molecule has 0 spiro atoms. The minimum absolute atomic E-state index is 0.00275. The van der Waals surface area contributed by atoms with Crippen molar-refractivity contribution in [2.24, 2.45) is 11.5 Å². The number of amides is 13. The number of H-pyrrole nitrogens is 1. The average molecular weight is 1310 g/mol. The molecule has 2 heterocycles. The van der Waals surface area contributed by atoms with Gasteiger partial charge in [-0.1, -0.05) is 42.5 Å². The summed E-state index contributed by atoms with van der Waals surface area (Å²) in [7, 11) is 0. The third-order valence-corrected chi connectivity index (χ3v) is 14.4. The minimum atomic E-state index is -2.00. The molecule has 1 aliphatic heterocycles. The van der Waals surface area contributed by atoms with E-state index in [0.717, 1.165) is 6.92 Å². The van der Waals surface area contributed by atoms with E-state index in [9.17, 15) is 97.5 Å². The van der Waals surface area contributed by atoms with E-state index in [4.69, 9.17) is 11.5 Å². The van der Waals surface area contributed by atoms with E-state index in [1.807, 2.05) is 0 Å². The van der Waals surface area contributed by atoms with E-state index < -0.39 is 201 Å². The number of phenols is 1. The van der Waals surface area contributed by atoms with Gasteiger partial charge in [-0.25, -0.2) is 4.98 Å². The minimum Gasteiger partial charge on any atom is -0.508 e. The molecular weight excluding hydrogens is 1230 g/mol. The fraction of sp³-hybridized carbons (Fsp3) is 0.464. The van der Waals surface area contributed by atoms with Gasteiger partial charge in [0.2, 0.25) is 76.8 Å². The van der Waals surface area contributed by atoms with Gasteiger partial charge < -0.3 is 100 Å². The Morgan fingerprint density at radius 1 is 0.620 bits per heavy atom. The van der Waals surface area contributed by atoms with Crippen LogP contribution < -0.4 is 70.0 Å². The zero-order chi connectivity index (χ0) is 68.2. The molecule has 21 N–H and O–H groups in total. The third-order valence-electron chi connectivity index (χ3n) is 13.8. The predicted octanol–water partition coefficient (Wildman–Crippen LogP) is -7.27. The Morgan fingerprint density at radius 2 is 1.12 bits per heavy atom. The second-order valence-corrected chi connectivity index (χ2v) is 22.0. The Kier molecular flexibility index (Phi) is 29.9. The van der Waals surface area contributed by atoms with Gasteiger partial charge in [-0.3, -0.25) is 71.9 Å². The molecule has 36 heteroatoms. The number of phenolic OH excluding ortho intramolecular Hbond substituents is 1. The highest BCUT2D eigenvalue weighted by Gasteiger charge is 2.38. The molecule has 500 valence electrons. The van der Waals surface area contributed by atoms with Gasteiger partial charge in [-0.15, -0.1) is 0 Å². The summed E-state index contributed by atoms with van der Waals surface area (Å²) < 4.78 is 0. The first-order valence-corrected chi connectivity index (χ1v) is 29.8. The first-order valence-electron chi connectivity index (χ1n) is 28.4. The van der Waals surface area contributed by atoms with Crippen molar-refractivity contribution in [3.8, 4) is 5.75 Å². The van der Waals surface area contributed by atoms with Gasteiger partial charge in [0.25, 0.3) is 0 Å². The molecule has 1 aliphatic rings. The highest BCUT2D eigenvalue weighted by atomic mass is 32.2. The largest absolute Gasteiger partial charge is 0.508 e. The van der Waals surface area contributed by atoms with Crippen molar-refractivity contribution in [3.05, 3.63) is 83.9 Å². The van der Waals surface area contributed by atoms with E-state index in [0.29, 0.717) is 5.56 Å². The Labute approximate surface area is 528 Å². The highest BCUT2D eigenvalue weighted by molar-refractivity contribution is 7.98. The van der Waals surface area contributed by atoms with Crippen LogP contribution in [0.25, 0.3) is 0 Å². The van der Waals surface area contributed by atoms with E-state index >= 15 is 0 Å². The summed E-state index contributed by atoms with van der Waals surface area (Å²) >= 11 is 1.25. The van der Waals surface area contributed by atoms with E-state index in [2.05, 4.69) is 68.5 Å². The maximum absolute atomic E-state index is 14.1. The van der Waals surface area contributed by atoms with Gasteiger partial charge in [0, 0.05) is 44.0 Å². The van der Waals surface area contributed by atoms with Crippen molar-refractivity contribution in [2.45, 2.75) is 138 Å². The normalized spacial score (nSPS) is 15.8. The number of hydrogen-bond acceptors (Lipinski definition) is 20. The lowest BCUT2D eigenvalue weighted by Gasteiger charge is -2.27. The number of aliphatic hydroxyl groups excluding tert-OH is 2. The van der Waals surface area contributed by atoms with Crippen LogP contribution in [0.3, 0.4) is 0 Å². The number of thioether (sulfide) groups is 1. The number of nitrogens with two attached hydrogens (primary N) is 2. The second-order valence-electron chi connectivity index (χ2n) is 21.1. The number of primary amides is 2. The van der Waals surface area contributed by atoms with Crippen LogP contribution in [0.2, 0.25) is 0 Å². The molecule has 1 fully saturated rings. The summed E-state index contributed by atoms with van der Waals surface area (Å²) in [5, 5.41) is 75.7. The van der Waals surface area contributed by atoms with Crippen LogP contribution in [0.1, 0.15) is 68.7 Å². The fourth-order valence-electron chi connectivity index (χ4n) is 8.90. The number of benzene rings is 2. The molecule has 0 radical (unpaired) electrons. The van der Waals surface area contributed by atoms with Crippen LogP contribution in [-0.4, -0.2) is 216 Å². The SMILES string of the molecule is CSCC[C@H](NC(=O)[C@H](Cc1cnc[nH]1)NC(=O)[C@H](CO)NC(=O)CNC(=O)[C@@H](NC(=O)[C@H](Cc1ccc(O)cc1)NC(=O)[C@H](CC(=O)O)NC(=O)[C@H](CCC(N)=O)NC(=O)[C@@H]1CCC(=O)N1)[C@@H](C)O)C(=O)N[C@@H](CC(=O)O)C(=O)N[C@@H](Cc1ccccc1)C(N)=O. The van der Waals surface area contributed by atoms with Crippen molar-refractivity contribution < 1.29 is 97.5 Å². The van der Waals surface area contributed by atoms with Gasteiger partial charge in [0.15, 0.2) is 0 Å². The number of carbonyl (C=O) groups excluding carboxylic acids is 13. The zero-order valence-electron chi connectivity index (χ0n) is 49.8. The fourth-order valence-corrected chi connectivity index (χ4v) is 9.37. The Morgan fingerprint density at radius 3 is 1.63 bits per heavy atom. The molecule has 3 aromatic rings. The number of nitrogens with zero attached hydrogens (tertiary/aromatic N) is 1. The number of carboxylic acid groups (broad SMARTS) is 2. The van der Waals surface area contributed by atoms with Gasteiger partial charge in [0.1, 0.15) is 66.2 Å². The molecule has 0 bridgehead atoms. The van der Waals surface area contributed by atoms with Crippen LogP contribution in [-0.2, 0) is 91.2 Å². The Hall–Kier alpha value is -10.2. The Balaban J connectivity index is 1.47. The standard InChI is InChI=1S/C56H75N15O20S/c1-27(73)46(71-54(89)36(19-29-8-10-31(74)11-9-29)67-53(88)39(22-45(80)81)69-49(84)33(12-14-41(57)75)64-48(83)32-13-15-42(76)62-32)56(91)60-24-43(77)63-40(25-72)55(90)68-37(20-30-23-59-26-61-30)51(86)65-34(16-17-92-2)50(85)70-38(21-44(78)79)52(87)66-35(47(58)82)18-28-6-4-3-5-7-28/h3-11,23,26-27,32-40,46,72-74H,12-22,24-25H2,1-2H3,(H2,57,75)(H2,58,82)(H,59,61)(H,60,91)(H,62,76)(H,63,77)(H,64,83)(H,65,86)(H,66,87)(H,67,88)(H,68,90)(H,69,84)(H,70,85)(H,71,89)(H,78,79)(H,80,81)/t27-,32+,33+,34+,35+,36+,37+,38+,39+,40+,46+/m1/s1. The van der Waals surface area contributed by atoms with Crippen molar-refractivity contribution in [2.75, 3.05) is 25.2 Å². The van der Waals surface area contributed by atoms with Crippen molar-refractivity contribution in [1.29, 1.82) is 0 Å². The molecule has 0 aliphatic carbocycles. The van der Waals surface area contributed by atoms with Gasteiger partial charge in [0.05, 0.1) is 38.4 Å². The predicted molar refractivity (Wildman–Crippen MR) is 320 cm³/mol. The van der Waals surface area contributed by atoms with Crippen molar-refractivity contribution in [3.63, 3.8) is 0 Å². The van der Waals surface area contributed by atoms with Gasteiger partial charge in [-0.2, -0.15) is 11.8 Å². The number of aliphatic carboxylic acids is 2. The molecular formula is C56H75N15O20S. The summed E-state index contributed by atoms with van der Waals surface area (Å²) in [6.45, 7) is -1.08. The van der Waals surface area contributed by atoms with E-state index in [1.54, 1.807) is 36.6 Å². The lowest BCUT2D eigenvalue weighted by atomic mass is 10.0. The molecule has 92 heavy (non-hydrogen) atoms. The molecule has 1 saturated heterocycles. The molecule has 1 aromatic heterocycles. The lowest BCUT2D eigenvalue weighted by molar-refractivity contribution is -0.142. The van der Waals surface area contributed by atoms with Crippen molar-refractivity contribution >= 4 is 100 Å². The molecule has 4 rings (SSSR count). The summed E-state index contributed by atoms with van der Waals surface area (Å²) in [5.74, 6) is -16.8. The number of aromatic nitrogens is 2. The number of imidazole rings is 1. The maximum atomic E-state index is 14.1. The first kappa shape index (κ1) is 74.2. The molecule has 11 atom stereocenters. The van der Waals surface area contributed by atoms with Crippen LogP contribution in [0, 0.1) is 0 Å². The zero-order valence-corrected chi connectivity index (χ0v) is 50.6. The number of nitrogens with one attached hydrogen (secondary N) is 12. The molecule has 2 aromatic carbocycles. The first-order chi connectivity index (χ1) is 43.6. The van der Waals surface area contributed by atoms with Crippen molar-refractivity contribution in [1.82, 2.24) is 68.5 Å². The van der Waals surface area contributed by atoms with E-state index in [1.165, 1.54) is 48.6 Å². The quantitative estimate of drug-likeness (QED) is 0.0252. The smallest absolute Gasteiger partial charge is 0.305 e. The highest BCUT2D eigenvalue weighted by Crippen LogP contribution is 2.14. The molecule has 0 unspecified atom stereocenters. The monoisotopic (exact) mass is 1310 g/mol. The lowest BCUT2D eigenvalue weighted by Crippen LogP contribution is -2.61. The van der Waals surface area contributed by atoms with Crippen LogP contribution in [0.5, 0.6) is 5.75 Å². The van der Waals surface area contributed by atoms with Gasteiger partial charge in [-0.05, 0) is 61.5 Å². The van der Waals surface area contributed by atoms with Crippen LogP contribution in [0.15, 0.2) is 67.1 Å². The van der Waals surface area contributed by atoms with E-state index in [-0.39, 0.29) is 54.9 Å². The summed E-state index contributed by atoms with van der Waals surface area (Å²) in [6, 6.07) is -3.00. The number of aliphatic hydroxyl groups is 2.